The smallest absolute Gasteiger partial charge is 0.144 e. The molecule has 1 aliphatic heterocycles. The van der Waals surface area contributed by atoms with Crippen LogP contribution < -0.4 is 9.64 Å². The molecule has 186 valence electrons. The Kier molecular flexibility index (Phi) is 7.39. The van der Waals surface area contributed by atoms with Crippen LogP contribution in [0.3, 0.4) is 0 Å². The fourth-order valence-corrected chi connectivity index (χ4v) is 4.65. The first-order valence-corrected chi connectivity index (χ1v) is 12.4. The third kappa shape index (κ3) is 5.64. The predicted octanol–water partition coefficient (Wildman–Crippen LogP) is 5.04. The first-order chi connectivity index (χ1) is 17.6. The summed E-state index contributed by atoms with van der Waals surface area (Å²) in [6.45, 7) is 7.91. The summed E-state index contributed by atoms with van der Waals surface area (Å²) in [6.07, 6.45) is 0. The number of hydrogen-bond donors (Lipinski definition) is 0. The number of fused-ring (bicyclic) bond motifs is 1. The van der Waals surface area contributed by atoms with Gasteiger partial charge >= 0.3 is 0 Å². The van der Waals surface area contributed by atoms with Crippen LogP contribution in [0, 0.1) is 12.7 Å². The van der Waals surface area contributed by atoms with Crippen LogP contribution in [0.1, 0.15) is 11.4 Å². The molecule has 36 heavy (non-hydrogen) atoms. The molecule has 2 heterocycles. The number of anilines is 2. The van der Waals surface area contributed by atoms with E-state index >= 15 is 0 Å². The zero-order valence-corrected chi connectivity index (χ0v) is 20.9. The molecule has 1 saturated heterocycles. The molecular formula is C29H32FN5O. The summed E-state index contributed by atoms with van der Waals surface area (Å²) in [7, 11) is 2.02. The Balaban J connectivity index is 1.11. The molecule has 4 aromatic rings. The van der Waals surface area contributed by atoms with Crippen molar-refractivity contribution in [1.82, 2.24) is 19.8 Å². The lowest BCUT2D eigenvalue weighted by molar-refractivity contribution is 0.112. The van der Waals surface area contributed by atoms with Crippen LogP contribution >= 0.6 is 0 Å². The molecule has 0 amide bonds. The van der Waals surface area contributed by atoms with E-state index in [1.54, 1.807) is 6.07 Å². The molecule has 0 N–H and O–H groups in total. The predicted molar refractivity (Wildman–Crippen MR) is 142 cm³/mol. The largest absolute Gasteiger partial charge is 0.492 e. The second-order valence-electron chi connectivity index (χ2n) is 9.22. The molecule has 0 atom stereocenters. The summed E-state index contributed by atoms with van der Waals surface area (Å²) < 4.78 is 19.9. The van der Waals surface area contributed by atoms with Crippen molar-refractivity contribution < 1.29 is 9.13 Å². The molecule has 1 aromatic heterocycles. The SMILES string of the molecule is Cc1nc(N(C)c2ccc(OCCN3CCN(Cc4ccccc4F)CC3)cc2)c2ccccc2n1. The van der Waals surface area contributed by atoms with Gasteiger partial charge < -0.3 is 9.64 Å². The van der Waals surface area contributed by atoms with Gasteiger partial charge in [0, 0.05) is 63.0 Å². The van der Waals surface area contributed by atoms with Crippen molar-refractivity contribution in [2.75, 3.05) is 51.3 Å². The van der Waals surface area contributed by atoms with Crippen LogP contribution in [0.15, 0.2) is 72.8 Å². The van der Waals surface area contributed by atoms with E-state index in [4.69, 9.17) is 9.72 Å². The van der Waals surface area contributed by atoms with Crippen molar-refractivity contribution in [2.24, 2.45) is 0 Å². The highest BCUT2D eigenvalue weighted by molar-refractivity contribution is 5.91. The molecule has 6 nitrogen and oxygen atoms in total. The maximum Gasteiger partial charge on any atom is 0.144 e. The highest BCUT2D eigenvalue weighted by Gasteiger charge is 2.18. The zero-order chi connectivity index (χ0) is 24.9. The maximum atomic E-state index is 13.9. The highest BCUT2D eigenvalue weighted by atomic mass is 19.1. The molecule has 0 aliphatic carbocycles. The summed E-state index contributed by atoms with van der Waals surface area (Å²) in [4.78, 5) is 16.0. The molecule has 0 unspecified atom stereocenters. The Bertz CT molecular complexity index is 1300. The van der Waals surface area contributed by atoms with Gasteiger partial charge in [0.1, 0.15) is 29.8 Å². The standard InChI is InChI=1S/C29H32FN5O/c1-22-31-28-10-6-4-8-26(28)29(32-22)33(2)24-11-13-25(14-12-24)36-20-19-34-15-17-35(18-16-34)21-23-7-3-5-9-27(23)30/h3-14H,15-21H2,1-2H3. The van der Waals surface area contributed by atoms with Crippen LogP contribution in [0.5, 0.6) is 5.75 Å². The van der Waals surface area contributed by atoms with Crippen LogP contribution in [0.2, 0.25) is 0 Å². The minimum Gasteiger partial charge on any atom is -0.492 e. The normalized spacial score (nSPS) is 14.8. The topological polar surface area (TPSA) is 44.7 Å². The summed E-state index contributed by atoms with van der Waals surface area (Å²) in [6, 6.07) is 23.3. The molecule has 5 rings (SSSR count). The van der Waals surface area contributed by atoms with Gasteiger partial charge in [-0.2, -0.15) is 0 Å². The van der Waals surface area contributed by atoms with Crippen LogP contribution in [-0.4, -0.2) is 66.1 Å². The third-order valence-corrected chi connectivity index (χ3v) is 6.73. The van der Waals surface area contributed by atoms with Gasteiger partial charge in [-0.25, -0.2) is 14.4 Å². The van der Waals surface area contributed by atoms with Crippen molar-refractivity contribution in [3.05, 3.63) is 90.0 Å². The van der Waals surface area contributed by atoms with E-state index in [2.05, 4.69) is 37.9 Å². The highest BCUT2D eigenvalue weighted by Crippen LogP contribution is 2.29. The number of hydrogen-bond acceptors (Lipinski definition) is 6. The van der Waals surface area contributed by atoms with Gasteiger partial charge in [0.2, 0.25) is 0 Å². The van der Waals surface area contributed by atoms with E-state index in [-0.39, 0.29) is 5.82 Å². The lowest BCUT2D eigenvalue weighted by Crippen LogP contribution is -2.47. The lowest BCUT2D eigenvalue weighted by Gasteiger charge is -2.34. The maximum absolute atomic E-state index is 13.9. The lowest BCUT2D eigenvalue weighted by atomic mass is 10.2. The first kappa shape index (κ1) is 24.2. The van der Waals surface area contributed by atoms with Gasteiger partial charge in [0.15, 0.2) is 0 Å². The Morgan fingerprint density at radius 2 is 1.56 bits per heavy atom. The molecule has 0 radical (unpaired) electrons. The average Bonchev–Trinajstić information content (AvgIpc) is 2.90. The van der Waals surface area contributed by atoms with Gasteiger partial charge in [0.25, 0.3) is 0 Å². The number of aryl methyl sites for hydroxylation is 1. The molecule has 1 aliphatic rings. The molecule has 3 aromatic carbocycles. The Hall–Kier alpha value is -3.55. The number of halogens is 1. The van der Waals surface area contributed by atoms with Crippen LogP contribution in [0.25, 0.3) is 10.9 Å². The average molecular weight is 486 g/mol. The van der Waals surface area contributed by atoms with E-state index in [9.17, 15) is 4.39 Å². The second-order valence-corrected chi connectivity index (χ2v) is 9.22. The van der Waals surface area contributed by atoms with E-state index < -0.39 is 0 Å². The van der Waals surface area contributed by atoms with E-state index in [1.807, 2.05) is 56.4 Å². The van der Waals surface area contributed by atoms with Gasteiger partial charge in [-0.3, -0.25) is 9.80 Å². The van der Waals surface area contributed by atoms with Gasteiger partial charge in [-0.15, -0.1) is 0 Å². The monoisotopic (exact) mass is 485 g/mol. The minimum atomic E-state index is -0.119. The summed E-state index contributed by atoms with van der Waals surface area (Å²) in [5, 5.41) is 1.03. The summed E-state index contributed by atoms with van der Waals surface area (Å²) in [5.41, 5.74) is 2.75. The second kappa shape index (κ2) is 11.0. The summed E-state index contributed by atoms with van der Waals surface area (Å²) >= 11 is 0. The summed E-state index contributed by atoms with van der Waals surface area (Å²) in [5.74, 6) is 2.38. The van der Waals surface area contributed by atoms with Crippen molar-refractivity contribution in [3.63, 3.8) is 0 Å². The van der Waals surface area contributed by atoms with Gasteiger partial charge in [0.05, 0.1) is 5.52 Å². The van der Waals surface area contributed by atoms with Crippen molar-refractivity contribution >= 4 is 22.4 Å². The number of piperazine rings is 1. The van der Waals surface area contributed by atoms with Crippen molar-refractivity contribution in [3.8, 4) is 5.75 Å². The minimum absolute atomic E-state index is 0.119. The molecule has 0 saturated carbocycles. The molecule has 0 spiro atoms. The molecule has 7 heteroatoms. The molecular weight excluding hydrogens is 453 g/mol. The quantitative estimate of drug-likeness (QED) is 0.348. The number of para-hydroxylation sites is 1. The number of rotatable bonds is 8. The third-order valence-electron chi connectivity index (χ3n) is 6.73. The number of ether oxygens (including phenoxy) is 1. The van der Waals surface area contributed by atoms with Crippen LogP contribution in [0.4, 0.5) is 15.9 Å². The Morgan fingerprint density at radius 3 is 2.33 bits per heavy atom. The van der Waals surface area contributed by atoms with Crippen LogP contribution in [-0.2, 0) is 6.54 Å². The zero-order valence-electron chi connectivity index (χ0n) is 20.9. The number of aromatic nitrogens is 2. The first-order valence-electron chi connectivity index (χ1n) is 12.4. The molecule has 1 fully saturated rings. The Labute approximate surface area is 212 Å². The van der Waals surface area contributed by atoms with E-state index in [0.29, 0.717) is 13.2 Å². The van der Waals surface area contributed by atoms with E-state index in [1.165, 1.54) is 6.07 Å². The number of benzene rings is 3. The molecule has 0 bridgehead atoms. The number of nitrogens with zero attached hydrogens (tertiary/aromatic N) is 5. The van der Waals surface area contributed by atoms with Crippen molar-refractivity contribution in [1.29, 1.82) is 0 Å². The van der Waals surface area contributed by atoms with Crippen molar-refractivity contribution in [2.45, 2.75) is 13.5 Å². The fraction of sp³-hybridized carbons (Fsp3) is 0.310. The van der Waals surface area contributed by atoms with E-state index in [0.717, 1.165) is 72.3 Å². The van der Waals surface area contributed by atoms with Gasteiger partial charge in [-0.1, -0.05) is 30.3 Å². The van der Waals surface area contributed by atoms with Gasteiger partial charge in [-0.05, 0) is 49.4 Å². The fourth-order valence-electron chi connectivity index (χ4n) is 4.65. The Morgan fingerprint density at radius 1 is 0.861 bits per heavy atom.